The normalized spacial score (nSPS) is 10.4. The van der Waals surface area contributed by atoms with Gasteiger partial charge in [-0.25, -0.2) is 4.79 Å². The standard InChI is InChI=1S/C23H21BrO4/c1-16-19(23(25)26-2)13-20(24)22(28-15-18-11-7-4-8-12-18)21(16)27-14-17-9-5-3-6-10-17/h3-13H,14-15H2,1-2H3. The van der Waals surface area contributed by atoms with Crippen LogP contribution in [-0.4, -0.2) is 13.1 Å². The highest BCUT2D eigenvalue weighted by molar-refractivity contribution is 9.10. The molecule has 0 aromatic heterocycles. The molecule has 0 aliphatic heterocycles. The van der Waals surface area contributed by atoms with Crippen molar-refractivity contribution in [3.8, 4) is 11.5 Å². The molecule has 0 bridgehead atoms. The Morgan fingerprint density at radius 2 is 1.36 bits per heavy atom. The lowest BCUT2D eigenvalue weighted by atomic mass is 10.1. The van der Waals surface area contributed by atoms with Crippen molar-refractivity contribution in [3.05, 3.63) is 93.5 Å². The molecule has 0 amide bonds. The molecule has 0 atom stereocenters. The number of methoxy groups -OCH3 is 1. The first-order valence-corrected chi connectivity index (χ1v) is 9.64. The van der Waals surface area contributed by atoms with Crippen LogP contribution in [0.3, 0.4) is 0 Å². The maximum atomic E-state index is 12.2. The minimum atomic E-state index is -0.419. The predicted molar refractivity (Wildman–Crippen MR) is 112 cm³/mol. The van der Waals surface area contributed by atoms with Crippen LogP contribution in [-0.2, 0) is 18.0 Å². The number of carbonyl (C=O) groups excluding carboxylic acids is 1. The molecule has 0 radical (unpaired) electrons. The molecule has 0 N–H and O–H groups in total. The second kappa shape index (κ2) is 9.42. The smallest absolute Gasteiger partial charge is 0.338 e. The minimum Gasteiger partial charge on any atom is -0.485 e. The van der Waals surface area contributed by atoms with Gasteiger partial charge in [0.25, 0.3) is 0 Å². The first kappa shape index (κ1) is 20.0. The molecule has 3 aromatic rings. The Labute approximate surface area is 173 Å². The zero-order valence-electron chi connectivity index (χ0n) is 15.8. The van der Waals surface area contributed by atoms with Crippen LogP contribution in [0.5, 0.6) is 11.5 Å². The Hall–Kier alpha value is -2.79. The van der Waals surface area contributed by atoms with Crippen molar-refractivity contribution in [2.45, 2.75) is 20.1 Å². The van der Waals surface area contributed by atoms with Gasteiger partial charge in [0, 0.05) is 5.56 Å². The Kier molecular flexibility index (Phi) is 6.71. The highest BCUT2D eigenvalue weighted by Crippen LogP contribution is 2.41. The van der Waals surface area contributed by atoms with Crippen molar-refractivity contribution < 1.29 is 19.0 Å². The fourth-order valence-electron chi connectivity index (χ4n) is 2.79. The molecule has 3 aromatic carbocycles. The van der Waals surface area contributed by atoms with Crippen LogP contribution in [0.1, 0.15) is 27.0 Å². The maximum absolute atomic E-state index is 12.2. The lowest BCUT2D eigenvalue weighted by Gasteiger charge is -2.19. The highest BCUT2D eigenvalue weighted by Gasteiger charge is 2.21. The number of ether oxygens (including phenoxy) is 3. The molecule has 0 saturated heterocycles. The van der Waals surface area contributed by atoms with Gasteiger partial charge in [-0.05, 0) is 40.0 Å². The number of esters is 1. The summed E-state index contributed by atoms with van der Waals surface area (Å²) in [4.78, 5) is 12.2. The third-order valence-electron chi connectivity index (χ3n) is 4.30. The van der Waals surface area contributed by atoms with Gasteiger partial charge in [0.1, 0.15) is 13.2 Å². The molecule has 0 fully saturated rings. The molecule has 4 nitrogen and oxygen atoms in total. The summed E-state index contributed by atoms with van der Waals surface area (Å²) in [5.74, 6) is 0.664. The number of rotatable bonds is 7. The van der Waals surface area contributed by atoms with E-state index in [0.717, 1.165) is 11.1 Å². The third-order valence-corrected chi connectivity index (χ3v) is 4.89. The monoisotopic (exact) mass is 440 g/mol. The zero-order valence-corrected chi connectivity index (χ0v) is 17.4. The van der Waals surface area contributed by atoms with Gasteiger partial charge in [-0.2, -0.15) is 0 Å². The molecule has 0 heterocycles. The average molecular weight is 441 g/mol. The van der Waals surface area contributed by atoms with Crippen LogP contribution >= 0.6 is 15.9 Å². The largest absolute Gasteiger partial charge is 0.485 e. The number of hydrogen-bond acceptors (Lipinski definition) is 4. The lowest BCUT2D eigenvalue weighted by molar-refractivity contribution is 0.0599. The van der Waals surface area contributed by atoms with Crippen molar-refractivity contribution in [3.63, 3.8) is 0 Å². The fourth-order valence-corrected chi connectivity index (χ4v) is 3.31. The van der Waals surface area contributed by atoms with E-state index in [-0.39, 0.29) is 0 Å². The number of carbonyl (C=O) groups is 1. The van der Waals surface area contributed by atoms with Crippen molar-refractivity contribution >= 4 is 21.9 Å². The number of hydrogen-bond donors (Lipinski definition) is 0. The van der Waals surface area contributed by atoms with Gasteiger partial charge in [-0.3, -0.25) is 0 Å². The van der Waals surface area contributed by atoms with Gasteiger partial charge in [-0.1, -0.05) is 60.7 Å². The molecule has 0 aliphatic rings. The van der Waals surface area contributed by atoms with Gasteiger partial charge < -0.3 is 14.2 Å². The molecular weight excluding hydrogens is 420 g/mol. The van der Waals surface area contributed by atoms with E-state index in [1.165, 1.54) is 7.11 Å². The summed E-state index contributed by atoms with van der Waals surface area (Å²) in [5.41, 5.74) is 3.17. The molecule has 0 spiro atoms. The van der Waals surface area contributed by atoms with E-state index in [1.807, 2.05) is 67.6 Å². The maximum Gasteiger partial charge on any atom is 0.338 e. The van der Waals surface area contributed by atoms with Crippen molar-refractivity contribution in [2.75, 3.05) is 7.11 Å². The van der Waals surface area contributed by atoms with Gasteiger partial charge >= 0.3 is 5.97 Å². The summed E-state index contributed by atoms with van der Waals surface area (Å²) in [6.07, 6.45) is 0. The summed E-state index contributed by atoms with van der Waals surface area (Å²) >= 11 is 3.52. The van der Waals surface area contributed by atoms with Crippen molar-refractivity contribution in [1.82, 2.24) is 0 Å². The topological polar surface area (TPSA) is 44.8 Å². The van der Waals surface area contributed by atoms with Crippen LogP contribution in [0.4, 0.5) is 0 Å². The van der Waals surface area contributed by atoms with Gasteiger partial charge in [0.15, 0.2) is 11.5 Å². The van der Waals surface area contributed by atoms with E-state index in [0.29, 0.717) is 40.3 Å². The van der Waals surface area contributed by atoms with Gasteiger partial charge in [0.05, 0.1) is 17.1 Å². The molecule has 144 valence electrons. The van der Waals surface area contributed by atoms with Crippen molar-refractivity contribution in [2.24, 2.45) is 0 Å². The second-order valence-corrected chi connectivity index (χ2v) is 7.08. The van der Waals surface area contributed by atoms with Crippen LogP contribution in [0.15, 0.2) is 71.2 Å². The first-order chi connectivity index (χ1) is 13.6. The Morgan fingerprint density at radius 1 is 0.857 bits per heavy atom. The summed E-state index contributed by atoms with van der Waals surface area (Å²) in [6, 6.07) is 21.4. The predicted octanol–water partition coefficient (Wildman–Crippen LogP) is 5.70. The molecule has 28 heavy (non-hydrogen) atoms. The Balaban J connectivity index is 1.93. The molecule has 0 saturated carbocycles. The molecule has 0 aliphatic carbocycles. The van der Waals surface area contributed by atoms with Crippen LogP contribution in [0.25, 0.3) is 0 Å². The molecular formula is C23H21BrO4. The lowest BCUT2D eigenvalue weighted by Crippen LogP contribution is -2.09. The van der Waals surface area contributed by atoms with Crippen LogP contribution < -0.4 is 9.47 Å². The Morgan fingerprint density at radius 3 is 1.86 bits per heavy atom. The zero-order chi connectivity index (χ0) is 19.9. The molecule has 0 unspecified atom stereocenters. The van der Waals surface area contributed by atoms with E-state index in [4.69, 9.17) is 14.2 Å². The summed E-state index contributed by atoms with van der Waals surface area (Å²) in [7, 11) is 1.36. The number of benzene rings is 3. The van der Waals surface area contributed by atoms with E-state index in [9.17, 15) is 4.79 Å². The summed E-state index contributed by atoms with van der Waals surface area (Å²) in [5, 5.41) is 0. The van der Waals surface area contributed by atoms with Gasteiger partial charge in [-0.15, -0.1) is 0 Å². The minimum absolute atomic E-state index is 0.362. The van der Waals surface area contributed by atoms with E-state index < -0.39 is 5.97 Å². The third kappa shape index (κ3) is 4.73. The second-order valence-electron chi connectivity index (χ2n) is 6.23. The van der Waals surface area contributed by atoms with E-state index in [2.05, 4.69) is 15.9 Å². The summed E-state index contributed by atoms with van der Waals surface area (Å²) < 4.78 is 17.7. The Bertz CT molecular complexity index is 940. The molecule has 5 heteroatoms. The SMILES string of the molecule is COC(=O)c1cc(Br)c(OCc2ccccc2)c(OCc2ccccc2)c1C. The van der Waals surface area contributed by atoms with E-state index in [1.54, 1.807) is 6.07 Å². The summed E-state index contributed by atoms with van der Waals surface area (Å²) in [6.45, 7) is 2.58. The quantitative estimate of drug-likeness (QED) is 0.441. The van der Waals surface area contributed by atoms with E-state index >= 15 is 0 Å². The van der Waals surface area contributed by atoms with Gasteiger partial charge in [0.2, 0.25) is 0 Å². The van der Waals surface area contributed by atoms with Crippen LogP contribution in [0, 0.1) is 6.92 Å². The number of halogens is 1. The highest BCUT2D eigenvalue weighted by atomic mass is 79.9. The van der Waals surface area contributed by atoms with Crippen LogP contribution in [0.2, 0.25) is 0 Å². The van der Waals surface area contributed by atoms with Crippen molar-refractivity contribution in [1.29, 1.82) is 0 Å². The molecule has 3 rings (SSSR count). The fraction of sp³-hybridized carbons (Fsp3) is 0.174. The first-order valence-electron chi connectivity index (χ1n) is 8.85. The average Bonchev–Trinajstić information content (AvgIpc) is 2.74.